The van der Waals surface area contributed by atoms with E-state index in [1.807, 2.05) is 13.8 Å². The van der Waals surface area contributed by atoms with E-state index in [2.05, 4.69) is 38.8 Å². The number of rotatable bonds is 6. The van der Waals surface area contributed by atoms with Gasteiger partial charge in [-0.1, -0.05) is 20.8 Å². The first-order valence-corrected chi connectivity index (χ1v) is 12.3. The van der Waals surface area contributed by atoms with Gasteiger partial charge in [0, 0.05) is 18.3 Å². The van der Waals surface area contributed by atoms with Crippen LogP contribution in [0.15, 0.2) is 27.9 Å². The molecule has 1 N–H and O–H groups in total. The van der Waals surface area contributed by atoms with E-state index in [1.54, 1.807) is 0 Å². The van der Waals surface area contributed by atoms with Gasteiger partial charge in [0.25, 0.3) is 5.56 Å². The van der Waals surface area contributed by atoms with E-state index in [-0.39, 0.29) is 29.2 Å². The van der Waals surface area contributed by atoms with Crippen LogP contribution in [-0.2, 0) is 18.7 Å². The summed E-state index contributed by atoms with van der Waals surface area (Å²) in [4.78, 5) is 38.3. The summed E-state index contributed by atoms with van der Waals surface area (Å²) in [6.45, 7) is 14.3. The topological polar surface area (TPSA) is 99.6 Å². The second-order valence-corrected chi connectivity index (χ2v) is 13.5. The third-order valence-electron chi connectivity index (χ3n) is 5.04. The summed E-state index contributed by atoms with van der Waals surface area (Å²) < 4.78 is 18.9. The summed E-state index contributed by atoms with van der Waals surface area (Å²) in [5.74, 6) is -0.310. The van der Waals surface area contributed by atoms with Crippen molar-refractivity contribution in [2.75, 3.05) is 6.61 Å². The van der Waals surface area contributed by atoms with Gasteiger partial charge in [-0.3, -0.25) is 19.1 Å². The first-order chi connectivity index (χ1) is 12.8. The van der Waals surface area contributed by atoms with Crippen LogP contribution in [0.5, 0.6) is 0 Å². The Bertz CT molecular complexity index is 862. The van der Waals surface area contributed by atoms with Gasteiger partial charge < -0.3 is 13.9 Å². The standard InChI is InChI=1S/C19H30N2O6Si/c1-12(2)26-17-13(21-9-8-16(23)20-18(21)24)10-14(22)15(27-17)11-25-28(6,7)19(3,4)5/h8-10,12,15,17H,11H2,1-7H3,(H,20,23,24)/t15-,17+/m1/s1. The van der Waals surface area contributed by atoms with Crippen LogP contribution in [0.3, 0.4) is 0 Å². The van der Waals surface area contributed by atoms with Crippen molar-refractivity contribution in [3.8, 4) is 0 Å². The maximum absolute atomic E-state index is 12.6. The molecule has 0 aliphatic carbocycles. The lowest BCUT2D eigenvalue weighted by atomic mass is 10.1. The number of nitrogens with one attached hydrogen (secondary N) is 1. The Balaban J connectivity index is 2.31. The molecule has 9 heteroatoms. The third-order valence-corrected chi connectivity index (χ3v) is 9.54. The summed E-state index contributed by atoms with van der Waals surface area (Å²) in [6, 6.07) is 1.20. The third kappa shape index (κ3) is 5.16. The highest BCUT2D eigenvalue weighted by Gasteiger charge is 2.40. The number of ether oxygens (including phenoxy) is 2. The van der Waals surface area contributed by atoms with Crippen LogP contribution in [0.4, 0.5) is 0 Å². The van der Waals surface area contributed by atoms with Gasteiger partial charge in [0.2, 0.25) is 6.29 Å². The molecule has 8 nitrogen and oxygen atoms in total. The van der Waals surface area contributed by atoms with Gasteiger partial charge in [0.15, 0.2) is 14.1 Å². The van der Waals surface area contributed by atoms with Crippen molar-refractivity contribution in [3.63, 3.8) is 0 Å². The van der Waals surface area contributed by atoms with E-state index in [0.29, 0.717) is 0 Å². The second-order valence-electron chi connectivity index (χ2n) is 8.66. The summed E-state index contributed by atoms with van der Waals surface area (Å²) in [5.41, 5.74) is -0.959. The summed E-state index contributed by atoms with van der Waals surface area (Å²) in [5, 5.41) is 0.00275. The van der Waals surface area contributed by atoms with Crippen molar-refractivity contribution >= 4 is 19.8 Å². The Morgan fingerprint density at radius 1 is 1.25 bits per heavy atom. The molecule has 1 aromatic heterocycles. The van der Waals surface area contributed by atoms with Crippen LogP contribution in [-0.4, -0.2) is 48.8 Å². The zero-order valence-electron chi connectivity index (χ0n) is 17.6. The van der Waals surface area contributed by atoms with Crippen LogP contribution >= 0.6 is 0 Å². The highest BCUT2D eigenvalue weighted by Crippen LogP contribution is 2.37. The Hall–Kier alpha value is -1.81. The molecule has 2 rings (SSSR count). The highest BCUT2D eigenvalue weighted by atomic mass is 28.4. The number of ketones is 1. The van der Waals surface area contributed by atoms with E-state index in [0.717, 1.165) is 4.57 Å². The van der Waals surface area contributed by atoms with Gasteiger partial charge in [-0.25, -0.2) is 4.79 Å². The Morgan fingerprint density at radius 3 is 2.43 bits per heavy atom. The number of aromatic amines is 1. The molecule has 0 fully saturated rings. The molecule has 2 atom stereocenters. The predicted molar refractivity (Wildman–Crippen MR) is 109 cm³/mol. The average molecular weight is 411 g/mol. The zero-order chi connectivity index (χ0) is 21.3. The first kappa shape index (κ1) is 22.5. The van der Waals surface area contributed by atoms with E-state index in [1.165, 1.54) is 18.3 Å². The first-order valence-electron chi connectivity index (χ1n) is 9.34. The van der Waals surface area contributed by atoms with Gasteiger partial charge in [0.05, 0.1) is 18.4 Å². The molecule has 2 heterocycles. The monoisotopic (exact) mass is 410 g/mol. The van der Waals surface area contributed by atoms with Crippen molar-refractivity contribution < 1.29 is 18.7 Å². The zero-order valence-corrected chi connectivity index (χ0v) is 18.6. The molecule has 1 aromatic rings. The molecule has 0 unspecified atom stereocenters. The molecule has 0 bridgehead atoms. The minimum atomic E-state index is -2.06. The molecule has 0 aromatic carbocycles. The fraction of sp³-hybridized carbons (Fsp3) is 0.632. The van der Waals surface area contributed by atoms with E-state index < -0.39 is 32.0 Å². The lowest BCUT2D eigenvalue weighted by Crippen LogP contribution is -2.47. The van der Waals surface area contributed by atoms with Crippen molar-refractivity contribution in [1.82, 2.24) is 9.55 Å². The fourth-order valence-electron chi connectivity index (χ4n) is 2.37. The minimum Gasteiger partial charge on any atom is -0.414 e. The van der Waals surface area contributed by atoms with Crippen LogP contribution in [0.25, 0.3) is 5.70 Å². The molecule has 0 radical (unpaired) electrons. The van der Waals surface area contributed by atoms with Gasteiger partial charge in [0.1, 0.15) is 6.10 Å². The van der Waals surface area contributed by atoms with E-state index in [4.69, 9.17) is 13.9 Å². The van der Waals surface area contributed by atoms with Crippen molar-refractivity contribution in [3.05, 3.63) is 39.2 Å². The Morgan fingerprint density at radius 2 is 1.89 bits per heavy atom. The number of aromatic nitrogens is 2. The van der Waals surface area contributed by atoms with Crippen LogP contribution < -0.4 is 11.2 Å². The van der Waals surface area contributed by atoms with Crippen LogP contribution in [0, 0.1) is 0 Å². The average Bonchev–Trinajstić information content (AvgIpc) is 2.53. The number of hydrogen-bond acceptors (Lipinski definition) is 6. The fourth-order valence-corrected chi connectivity index (χ4v) is 3.37. The van der Waals surface area contributed by atoms with E-state index >= 15 is 0 Å². The molecule has 1 aliphatic heterocycles. The normalized spacial score (nSPS) is 21.1. The molecular formula is C19H30N2O6Si. The smallest absolute Gasteiger partial charge is 0.332 e. The molecule has 0 saturated heterocycles. The largest absolute Gasteiger partial charge is 0.414 e. The molecule has 28 heavy (non-hydrogen) atoms. The molecule has 0 spiro atoms. The number of carbonyl (C=O) groups is 1. The summed E-state index contributed by atoms with van der Waals surface area (Å²) in [6.07, 6.45) is 0.666. The molecular weight excluding hydrogens is 380 g/mol. The number of nitrogens with zero attached hydrogens (tertiary/aromatic N) is 1. The van der Waals surface area contributed by atoms with Crippen LogP contribution in [0.1, 0.15) is 34.6 Å². The number of hydrogen-bond donors (Lipinski definition) is 1. The Kier molecular flexibility index (Phi) is 6.65. The van der Waals surface area contributed by atoms with Crippen molar-refractivity contribution in [2.24, 2.45) is 0 Å². The number of H-pyrrole nitrogens is 1. The molecule has 0 amide bonds. The Labute approximate surface area is 165 Å². The predicted octanol–water partition coefficient (Wildman–Crippen LogP) is 2.12. The van der Waals surface area contributed by atoms with Crippen LogP contribution in [0.2, 0.25) is 18.1 Å². The highest BCUT2D eigenvalue weighted by molar-refractivity contribution is 6.74. The number of carbonyl (C=O) groups excluding carboxylic acids is 1. The summed E-state index contributed by atoms with van der Waals surface area (Å²) >= 11 is 0. The van der Waals surface area contributed by atoms with Gasteiger partial charge in [-0.05, 0) is 32.0 Å². The minimum absolute atomic E-state index is 0.00275. The molecule has 156 valence electrons. The van der Waals surface area contributed by atoms with Gasteiger partial charge >= 0.3 is 5.69 Å². The SMILES string of the molecule is CC(C)O[C@H]1O[C@H](CO[Si](C)(C)C(C)(C)C)C(=O)C=C1n1ccc(=O)[nH]c1=O. The maximum Gasteiger partial charge on any atom is 0.332 e. The maximum atomic E-state index is 12.6. The second kappa shape index (κ2) is 8.28. The van der Waals surface area contributed by atoms with Gasteiger partial charge in [-0.2, -0.15) is 0 Å². The van der Waals surface area contributed by atoms with E-state index in [9.17, 15) is 14.4 Å². The van der Waals surface area contributed by atoms with Crippen molar-refractivity contribution in [2.45, 2.75) is 71.2 Å². The van der Waals surface area contributed by atoms with Crippen molar-refractivity contribution in [1.29, 1.82) is 0 Å². The molecule has 0 saturated carbocycles. The molecule has 1 aliphatic rings. The quantitative estimate of drug-likeness (QED) is 0.721. The lowest BCUT2D eigenvalue weighted by Gasteiger charge is -2.38. The van der Waals surface area contributed by atoms with Gasteiger partial charge in [-0.15, -0.1) is 0 Å². The summed E-state index contributed by atoms with van der Waals surface area (Å²) in [7, 11) is -2.06. The lowest BCUT2D eigenvalue weighted by molar-refractivity contribution is -0.175.